The number of aliphatic carboxylic acids is 1. The summed E-state index contributed by atoms with van der Waals surface area (Å²) in [7, 11) is 0. The number of rotatable bonds is 5. The summed E-state index contributed by atoms with van der Waals surface area (Å²) < 4.78 is 0. The first-order chi connectivity index (χ1) is 9.97. The van der Waals surface area contributed by atoms with Crippen molar-refractivity contribution in [2.24, 2.45) is 5.92 Å². The monoisotopic (exact) mass is 295 g/mol. The van der Waals surface area contributed by atoms with Crippen molar-refractivity contribution in [3.05, 3.63) is 0 Å². The number of hydrogen-bond acceptors (Lipinski definition) is 3. The Morgan fingerprint density at radius 2 is 2.00 bits per heavy atom. The van der Waals surface area contributed by atoms with Gasteiger partial charge in [0, 0.05) is 18.6 Å². The second kappa shape index (κ2) is 8.50. The van der Waals surface area contributed by atoms with Gasteiger partial charge in [0.15, 0.2) is 0 Å². The van der Waals surface area contributed by atoms with Gasteiger partial charge in [-0.3, -0.25) is 4.79 Å². The van der Waals surface area contributed by atoms with Crippen LogP contribution in [0.5, 0.6) is 0 Å². The maximum atomic E-state index is 12.4. The molecule has 0 heterocycles. The third-order valence-corrected chi connectivity index (χ3v) is 3.99. The molecule has 118 valence electrons. The maximum absolute atomic E-state index is 12.4. The van der Waals surface area contributed by atoms with Gasteiger partial charge in [-0.05, 0) is 26.7 Å². The summed E-state index contributed by atoms with van der Waals surface area (Å²) in [6.45, 7) is 4.14. The third-order valence-electron chi connectivity index (χ3n) is 3.99. The Hall–Kier alpha value is -1.77. The van der Waals surface area contributed by atoms with Crippen molar-refractivity contribution < 1.29 is 14.7 Å². The molecule has 0 aromatic heterocycles. The smallest absolute Gasteiger partial charge is 0.317 e. The second-order valence-electron chi connectivity index (χ2n) is 5.83. The van der Waals surface area contributed by atoms with Gasteiger partial charge in [0.2, 0.25) is 0 Å². The molecule has 1 aliphatic rings. The Morgan fingerprint density at radius 3 is 2.57 bits per heavy atom. The molecule has 2 atom stereocenters. The number of nitrogens with one attached hydrogen (secondary N) is 1. The molecule has 6 nitrogen and oxygen atoms in total. The molecule has 1 fully saturated rings. The summed E-state index contributed by atoms with van der Waals surface area (Å²) in [4.78, 5) is 25.3. The molecular weight excluding hydrogens is 270 g/mol. The van der Waals surface area contributed by atoms with Crippen LogP contribution in [-0.2, 0) is 4.79 Å². The summed E-state index contributed by atoms with van der Waals surface area (Å²) in [6.07, 6.45) is 4.43. The van der Waals surface area contributed by atoms with Gasteiger partial charge >= 0.3 is 12.0 Å². The van der Waals surface area contributed by atoms with Crippen LogP contribution in [0.3, 0.4) is 0 Å². The second-order valence-corrected chi connectivity index (χ2v) is 5.83. The van der Waals surface area contributed by atoms with Crippen LogP contribution in [0.15, 0.2) is 0 Å². The van der Waals surface area contributed by atoms with Gasteiger partial charge in [-0.2, -0.15) is 5.26 Å². The van der Waals surface area contributed by atoms with Crippen molar-refractivity contribution in [3.63, 3.8) is 0 Å². The lowest BCUT2D eigenvalue weighted by atomic mass is 9.95. The number of urea groups is 1. The Bertz CT molecular complexity index is 403. The van der Waals surface area contributed by atoms with E-state index in [9.17, 15) is 14.7 Å². The van der Waals surface area contributed by atoms with Gasteiger partial charge < -0.3 is 15.3 Å². The quantitative estimate of drug-likeness (QED) is 0.761. The number of hydrogen-bond donors (Lipinski definition) is 2. The van der Waals surface area contributed by atoms with Crippen LogP contribution in [0.4, 0.5) is 4.79 Å². The highest BCUT2D eigenvalue weighted by Gasteiger charge is 2.31. The molecule has 21 heavy (non-hydrogen) atoms. The van der Waals surface area contributed by atoms with Crippen molar-refractivity contribution in [2.45, 2.75) is 64.5 Å². The summed E-state index contributed by atoms with van der Waals surface area (Å²) in [6, 6.07) is 1.43. The zero-order chi connectivity index (χ0) is 15.8. The van der Waals surface area contributed by atoms with Crippen LogP contribution in [0.25, 0.3) is 0 Å². The molecule has 0 aliphatic heterocycles. The Morgan fingerprint density at radius 1 is 1.33 bits per heavy atom. The lowest BCUT2D eigenvalue weighted by Crippen LogP contribution is -2.51. The fraction of sp³-hybridized carbons (Fsp3) is 0.800. The van der Waals surface area contributed by atoms with Crippen LogP contribution in [0, 0.1) is 17.2 Å². The maximum Gasteiger partial charge on any atom is 0.317 e. The summed E-state index contributed by atoms with van der Waals surface area (Å²) >= 11 is 0. The summed E-state index contributed by atoms with van der Waals surface area (Å²) in [5.74, 6) is -1.35. The number of amides is 2. The van der Waals surface area contributed by atoms with Crippen molar-refractivity contribution >= 4 is 12.0 Å². The zero-order valence-electron chi connectivity index (χ0n) is 12.8. The van der Waals surface area contributed by atoms with Gasteiger partial charge in [0.25, 0.3) is 0 Å². The number of carboxylic acids is 1. The molecular formula is C15H25N3O3. The largest absolute Gasteiger partial charge is 0.481 e. The minimum Gasteiger partial charge on any atom is -0.481 e. The van der Waals surface area contributed by atoms with Crippen molar-refractivity contribution in [2.75, 3.05) is 6.54 Å². The molecule has 0 radical (unpaired) electrons. The average molecular weight is 295 g/mol. The molecule has 0 spiro atoms. The number of carbonyl (C=O) groups is 2. The average Bonchev–Trinajstić information content (AvgIpc) is 2.64. The fourth-order valence-corrected chi connectivity index (χ4v) is 2.78. The molecule has 2 unspecified atom stereocenters. The van der Waals surface area contributed by atoms with E-state index in [2.05, 4.69) is 5.32 Å². The van der Waals surface area contributed by atoms with Gasteiger partial charge in [-0.25, -0.2) is 4.79 Å². The Labute approximate surface area is 126 Å². The standard InChI is InChI=1S/C15H25N3O3/c1-11(2)18(10-6-9-16)15(21)17-13-8-5-3-4-7-12(13)14(19)20/h11-13H,3-8,10H2,1-2H3,(H,17,21)(H,19,20). The predicted octanol–water partition coefficient (Wildman–Crippen LogP) is 2.35. The van der Waals surface area contributed by atoms with E-state index in [-0.39, 0.29) is 24.5 Å². The summed E-state index contributed by atoms with van der Waals surface area (Å²) in [5, 5.41) is 20.9. The van der Waals surface area contributed by atoms with Crippen LogP contribution in [-0.4, -0.2) is 40.6 Å². The zero-order valence-corrected chi connectivity index (χ0v) is 12.8. The molecule has 0 bridgehead atoms. The van der Waals surface area contributed by atoms with E-state index in [4.69, 9.17) is 5.26 Å². The lowest BCUT2D eigenvalue weighted by molar-refractivity contribution is -0.142. The molecule has 2 N–H and O–H groups in total. The van der Waals surface area contributed by atoms with Gasteiger partial charge in [-0.1, -0.05) is 19.3 Å². The minimum atomic E-state index is -0.838. The minimum absolute atomic E-state index is 0.0209. The molecule has 1 aliphatic carbocycles. The Kier molecular flexibility index (Phi) is 7.00. The first kappa shape index (κ1) is 17.3. The van der Waals surface area contributed by atoms with E-state index in [0.29, 0.717) is 19.4 Å². The highest BCUT2D eigenvalue weighted by atomic mass is 16.4. The lowest BCUT2D eigenvalue weighted by Gasteiger charge is -2.30. The first-order valence-corrected chi connectivity index (χ1v) is 7.64. The van der Waals surface area contributed by atoms with Crippen LogP contribution < -0.4 is 5.32 Å². The normalized spacial score (nSPS) is 22.2. The van der Waals surface area contributed by atoms with E-state index in [1.54, 1.807) is 4.90 Å². The fourth-order valence-electron chi connectivity index (χ4n) is 2.78. The van der Waals surface area contributed by atoms with Gasteiger partial charge in [-0.15, -0.1) is 0 Å². The Balaban J connectivity index is 2.72. The molecule has 1 saturated carbocycles. The third kappa shape index (κ3) is 5.25. The van der Waals surface area contributed by atoms with E-state index in [1.807, 2.05) is 19.9 Å². The van der Waals surface area contributed by atoms with Crippen molar-refractivity contribution in [1.82, 2.24) is 10.2 Å². The van der Waals surface area contributed by atoms with Gasteiger partial charge in [0.1, 0.15) is 0 Å². The highest BCUT2D eigenvalue weighted by Crippen LogP contribution is 2.24. The molecule has 2 amide bonds. The van der Waals surface area contributed by atoms with E-state index < -0.39 is 11.9 Å². The molecule has 0 aromatic carbocycles. The molecule has 6 heteroatoms. The van der Waals surface area contributed by atoms with Crippen molar-refractivity contribution in [1.29, 1.82) is 5.26 Å². The number of carboxylic acid groups (broad SMARTS) is 1. The van der Waals surface area contributed by atoms with Crippen LogP contribution in [0.2, 0.25) is 0 Å². The topological polar surface area (TPSA) is 93.4 Å². The van der Waals surface area contributed by atoms with E-state index in [0.717, 1.165) is 19.3 Å². The predicted molar refractivity (Wildman–Crippen MR) is 78.6 cm³/mol. The highest BCUT2D eigenvalue weighted by molar-refractivity contribution is 5.77. The van der Waals surface area contributed by atoms with E-state index in [1.165, 1.54) is 0 Å². The van der Waals surface area contributed by atoms with E-state index >= 15 is 0 Å². The van der Waals surface area contributed by atoms with Gasteiger partial charge in [0.05, 0.1) is 18.4 Å². The molecule has 1 rings (SSSR count). The summed E-state index contributed by atoms with van der Waals surface area (Å²) in [5.41, 5.74) is 0. The van der Waals surface area contributed by atoms with Crippen LogP contribution >= 0.6 is 0 Å². The van der Waals surface area contributed by atoms with Crippen molar-refractivity contribution in [3.8, 4) is 6.07 Å². The molecule has 0 saturated heterocycles. The number of carbonyl (C=O) groups excluding carboxylic acids is 1. The number of nitriles is 1. The SMILES string of the molecule is CC(C)N(CCC#N)C(=O)NC1CCCCCC1C(=O)O. The first-order valence-electron chi connectivity index (χ1n) is 7.64. The molecule has 0 aromatic rings. The number of nitrogens with zero attached hydrogens (tertiary/aromatic N) is 2. The van der Waals surface area contributed by atoms with Crippen LogP contribution in [0.1, 0.15) is 52.4 Å².